The molecule has 0 fully saturated rings. The first-order chi connectivity index (χ1) is 7.02. The molecule has 2 aromatic rings. The topological polar surface area (TPSA) is 41.8 Å². The van der Waals surface area contributed by atoms with E-state index in [9.17, 15) is 4.39 Å². The van der Waals surface area contributed by atoms with E-state index in [1.54, 1.807) is 12.1 Å². The number of hydrogen-bond donors (Lipinski definition) is 2. The molecule has 0 aliphatic heterocycles. The molecule has 0 amide bonds. The van der Waals surface area contributed by atoms with Crippen molar-refractivity contribution in [1.82, 2.24) is 4.98 Å². The average molecular weight is 227 g/mol. The van der Waals surface area contributed by atoms with Crippen LogP contribution >= 0.6 is 11.6 Å². The van der Waals surface area contributed by atoms with Crippen molar-refractivity contribution in [2.24, 2.45) is 5.73 Å². The Bertz CT molecular complexity index is 517. The molecule has 15 heavy (non-hydrogen) atoms. The lowest BCUT2D eigenvalue weighted by Gasteiger charge is -2.06. The lowest BCUT2D eigenvalue weighted by Crippen LogP contribution is -2.06. The Morgan fingerprint density at radius 2 is 2.13 bits per heavy atom. The van der Waals surface area contributed by atoms with Crippen molar-refractivity contribution in [3.63, 3.8) is 0 Å². The summed E-state index contributed by atoms with van der Waals surface area (Å²) < 4.78 is 13.8. The predicted octanol–water partition coefficient (Wildman–Crippen LogP) is 3.29. The lowest BCUT2D eigenvalue weighted by atomic mass is 10.0. The molecule has 0 radical (unpaired) electrons. The van der Waals surface area contributed by atoms with Crippen LogP contribution in [0.2, 0.25) is 5.02 Å². The normalized spacial score (nSPS) is 13.4. The third-order valence-electron chi connectivity index (χ3n) is 2.55. The van der Waals surface area contributed by atoms with Gasteiger partial charge in [0.1, 0.15) is 0 Å². The summed E-state index contributed by atoms with van der Waals surface area (Å²) in [5, 5.41) is 0.637. The second-order valence-corrected chi connectivity index (χ2v) is 4.14. The maximum atomic E-state index is 13.8. The number of rotatable bonds is 1. The SMILES string of the molecule is Cc1[nH]c2ccc(Cl)c(F)c2c1C(C)N. The third kappa shape index (κ3) is 1.52. The van der Waals surface area contributed by atoms with Gasteiger partial charge in [-0.1, -0.05) is 11.6 Å². The molecule has 3 N–H and O–H groups in total. The van der Waals surface area contributed by atoms with E-state index in [2.05, 4.69) is 4.98 Å². The highest BCUT2D eigenvalue weighted by Crippen LogP contribution is 2.31. The quantitative estimate of drug-likeness (QED) is 0.770. The summed E-state index contributed by atoms with van der Waals surface area (Å²) in [5.74, 6) is -0.397. The highest BCUT2D eigenvalue weighted by molar-refractivity contribution is 6.31. The van der Waals surface area contributed by atoms with Gasteiger partial charge < -0.3 is 10.7 Å². The summed E-state index contributed by atoms with van der Waals surface area (Å²) in [6.07, 6.45) is 0. The zero-order valence-electron chi connectivity index (χ0n) is 8.57. The molecule has 0 bridgehead atoms. The molecular formula is C11H12ClFN2. The number of aryl methyl sites for hydroxylation is 1. The van der Waals surface area contributed by atoms with E-state index in [1.807, 2.05) is 13.8 Å². The fraction of sp³-hybridized carbons (Fsp3) is 0.273. The second kappa shape index (κ2) is 3.51. The Hall–Kier alpha value is -1.06. The smallest absolute Gasteiger partial charge is 0.151 e. The minimum absolute atomic E-state index is 0.128. The second-order valence-electron chi connectivity index (χ2n) is 3.74. The Morgan fingerprint density at radius 3 is 2.73 bits per heavy atom. The van der Waals surface area contributed by atoms with E-state index in [1.165, 1.54) is 0 Å². The fourth-order valence-corrected chi connectivity index (χ4v) is 2.10. The van der Waals surface area contributed by atoms with Crippen LogP contribution < -0.4 is 5.73 Å². The van der Waals surface area contributed by atoms with Crippen LogP contribution in [0.5, 0.6) is 0 Å². The van der Waals surface area contributed by atoms with Crippen LogP contribution in [0, 0.1) is 12.7 Å². The Labute approximate surface area is 92.2 Å². The molecule has 1 aromatic heterocycles. The standard InChI is InChI=1S/C11H12ClFN2/c1-5(14)9-6(2)15-8-4-3-7(12)11(13)10(8)9/h3-5,15H,14H2,1-2H3. The number of aromatic nitrogens is 1. The van der Waals surface area contributed by atoms with Gasteiger partial charge in [-0.2, -0.15) is 0 Å². The third-order valence-corrected chi connectivity index (χ3v) is 2.84. The van der Waals surface area contributed by atoms with Crippen LogP contribution in [0.4, 0.5) is 4.39 Å². The summed E-state index contributed by atoms with van der Waals surface area (Å²) in [5.41, 5.74) is 8.24. The number of halogens is 2. The first kappa shape index (κ1) is 10.5. The molecule has 0 spiro atoms. The van der Waals surface area contributed by atoms with Crippen LogP contribution in [0.1, 0.15) is 24.2 Å². The fourth-order valence-electron chi connectivity index (χ4n) is 1.94. The molecule has 2 rings (SSSR count). The predicted molar refractivity (Wildman–Crippen MR) is 60.6 cm³/mol. The van der Waals surface area contributed by atoms with Gasteiger partial charge in [0, 0.05) is 22.6 Å². The zero-order chi connectivity index (χ0) is 11.2. The van der Waals surface area contributed by atoms with Crippen LogP contribution in [0.3, 0.4) is 0 Å². The summed E-state index contributed by atoms with van der Waals surface area (Å²) in [6, 6.07) is 3.09. The van der Waals surface area contributed by atoms with Gasteiger partial charge in [0.15, 0.2) is 5.82 Å². The average Bonchev–Trinajstić information content (AvgIpc) is 2.49. The minimum atomic E-state index is -0.397. The maximum absolute atomic E-state index is 13.8. The van der Waals surface area contributed by atoms with Gasteiger partial charge in [-0.15, -0.1) is 0 Å². The van der Waals surface area contributed by atoms with E-state index in [4.69, 9.17) is 17.3 Å². The molecule has 1 aromatic carbocycles. The maximum Gasteiger partial charge on any atom is 0.151 e. The van der Waals surface area contributed by atoms with Crippen molar-refractivity contribution in [3.8, 4) is 0 Å². The molecule has 0 saturated carbocycles. The van der Waals surface area contributed by atoms with Crippen LogP contribution in [0.25, 0.3) is 10.9 Å². The number of nitrogens with one attached hydrogen (secondary N) is 1. The number of benzene rings is 1. The number of fused-ring (bicyclic) bond motifs is 1. The molecular weight excluding hydrogens is 215 g/mol. The van der Waals surface area contributed by atoms with Gasteiger partial charge in [-0.05, 0) is 31.5 Å². The minimum Gasteiger partial charge on any atom is -0.358 e. The van der Waals surface area contributed by atoms with Gasteiger partial charge in [0.05, 0.1) is 5.02 Å². The number of hydrogen-bond acceptors (Lipinski definition) is 1. The van der Waals surface area contributed by atoms with Crippen molar-refractivity contribution < 1.29 is 4.39 Å². The molecule has 1 unspecified atom stereocenters. The Balaban J connectivity index is 2.90. The Kier molecular flexibility index (Phi) is 2.44. The van der Waals surface area contributed by atoms with Crippen molar-refractivity contribution >= 4 is 22.5 Å². The molecule has 0 aliphatic carbocycles. The first-order valence-corrected chi connectivity index (χ1v) is 5.12. The van der Waals surface area contributed by atoms with E-state index in [0.29, 0.717) is 5.39 Å². The van der Waals surface area contributed by atoms with Crippen molar-refractivity contribution in [2.45, 2.75) is 19.9 Å². The Morgan fingerprint density at radius 1 is 1.47 bits per heavy atom. The molecule has 1 atom stereocenters. The molecule has 0 aliphatic rings. The van der Waals surface area contributed by atoms with Gasteiger partial charge in [0.2, 0.25) is 0 Å². The first-order valence-electron chi connectivity index (χ1n) is 4.74. The summed E-state index contributed by atoms with van der Waals surface area (Å²) in [4.78, 5) is 3.10. The van der Waals surface area contributed by atoms with E-state index < -0.39 is 5.82 Å². The lowest BCUT2D eigenvalue weighted by molar-refractivity contribution is 0.638. The van der Waals surface area contributed by atoms with Crippen molar-refractivity contribution in [1.29, 1.82) is 0 Å². The zero-order valence-corrected chi connectivity index (χ0v) is 9.32. The molecule has 4 heteroatoms. The highest BCUT2D eigenvalue weighted by atomic mass is 35.5. The number of H-pyrrole nitrogens is 1. The molecule has 0 saturated heterocycles. The number of aromatic amines is 1. The summed E-state index contributed by atoms with van der Waals surface area (Å²) in [7, 11) is 0. The van der Waals surface area contributed by atoms with Crippen molar-refractivity contribution in [2.75, 3.05) is 0 Å². The largest absolute Gasteiger partial charge is 0.358 e. The van der Waals surface area contributed by atoms with E-state index >= 15 is 0 Å². The summed E-state index contributed by atoms with van der Waals surface area (Å²) >= 11 is 5.74. The van der Waals surface area contributed by atoms with Crippen LogP contribution in [-0.4, -0.2) is 4.98 Å². The van der Waals surface area contributed by atoms with Gasteiger partial charge in [-0.3, -0.25) is 0 Å². The van der Waals surface area contributed by atoms with Crippen LogP contribution in [-0.2, 0) is 0 Å². The van der Waals surface area contributed by atoms with E-state index in [-0.39, 0.29) is 11.1 Å². The summed E-state index contributed by atoms with van der Waals surface area (Å²) in [6.45, 7) is 3.71. The molecule has 1 heterocycles. The highest BCUT2D eigenvalue weighted by Gasteiger charge is 2.17. The van der Waals surface area contributed by atoms with Gasteiger partial charge in [0.25, 0.3) is 0 Å². The van der Waals surface area contributed by atoms with E-state index in [0.717, 1.165) is 16.8 Å². The molecule has 80 valence electrons. The van der Waals surface area contributed by atoms with Crippen molar-refractivity contribution in [3.05, 3.63) is 34.2 Å². The van der Waals surface area contributed by atoms with Gasteiger partial charge in [-0.25, -0.2) is 4.39 Å². The molecule has 2 nitrogen and oxygen atoms in total. The van der Waals surface area contributed by atoms with Gasteiger partial charge >= 0.3 is 0 Å². The number of nitrogens with two attached hydrogens (primary N) is 1. The van der Waals surface area contributed by atoms with Crippen LogP contribution in [0.15, 0.2) is 12.1 Å². The monoisotopic (exact) mass is 226 g/mol.